The van der Waals surface area contributed by atoms with Gasteiger partial charge in [-0.05, 0) is 13.0 Å². The van der Waals surface area contributed by atoms with Gasteiger partial charge in [0.25, 0.3) is 17.5 Å². The lowest BCUT2D eigenvalue weighted by Gasteiger charge is -2.12. The standard InChI is InChI=1S/C14H10N4O6/c1-7-5-10(16-24-7)15-11(19)6-17-13(20)8-3-2-4-9(18(22)23)12(8)14(17)21/h2-5H,6H2,1H3,(H,15,16,19). The molecule has 3 amide bonds. The van der Waals surface area contributed by atoms with Gasteiger partial charge in [-0.3, -0.25) is 29.4 Å². The minimum Gasteiger partial charge on any atom is -0.360 e. The number of rotatable bonds is 4. The molecule has 2 heterocycles. The number of amides is 3. The van der Waals surface area contributed by atoms with Crippen LogP contribution in [0.3, 0.4) is 0 Å². The van der Waals surface area contributed by atoms with E-state index in [2.05, 4.69) is 10.5 Å². The number of nitro benzene ring substituents is 1. The van der Waals surface area contributed by atoms with E-state index in [1.807, 2.05) is 0 Å². The van der Waals surface area contributed by atoms with Gasteiger partial charge >= 0.3 is 0 Å². The molecule has 1 aromatic heterocycles. The van der Waals surface area contributed by atoms with Gasteiger partial charge in [-0.2, -0.15) is 0 Å². The fourth-order valence-corrected chi connectivity index (χ4v) is 2.36. The van der Waals surface area contributed by atoms with Crippen molar-refractivity contribution in [1.29, 1.82) is 0 Å². The molecule has 122 valence electrons. The third kappa shape index (κ3) is 2.49. The number of benzene rings is 1. The number of nitrogens with one attached hydrogen (secondary N) is 1. The van der Waals surface area contributed by atoms with E-state index >= 15 is 0 Å². The SMILES string of the molecule is Cc1cc(NC(=O)CN2C(=O)c3cccc([N+](=O)[O-])c3C2=O)no1. The van der Waals surface area contributed by atoms with Crippen LogP contribution in [0.4, 0.5) is 11.5 Å². The van der Waals surface area contributed by atoms with Gasteiger partial charge in [-0.15, -0.1) is 0 Å². The first-order valence-corrected chi connectivity index (χ1v) is 6.75. The number of aromatic nitrogens is 1. The van der Waals surface area contributed by atoms with E-state index in [-0.39, 0.29) is 16.9 Å². The quantitative estimate of drug-likeness (QED) is 0.504. The van der Waals surface area contributed by atoms with Crippen LogP contribution in [0.2, 0.25) is 0 Å². The zero-order valence-corrected chi connectivity index (χ0v) is 12.3. The normalized spacial score (nSPS) is 13.1. The Hall–Kier alpha value is -3.56. The van der Waals surface area contributed by atoms with Crippen molar-refractivity contribution >= 4 is 29.2 Å². The Morgan fingerprint density at radius 1 is 1.38 bits per heavy atom. The Bertz CT molecular complexity index is 887. The van der Waals surface area contributed by atoms with E-state index in [1.165, 1.54) is 18.2 Å². The van der Waals surface area contributed by atoms with Crippen molar-refractivity contribution < 1.29 is 23.8 Å². The van der Waals surface area contributed by atoms with Gasteiger partial charge in [-0.25, -0.2) is 0 Å². The molecule has 0 aliphatic carbocycles. The summed E-state index contributed by atoms with van der Waals surface area (Å²) in [6.07, 6.45) is 0. The second-order valence-electron chi connectivity index (χ2n) is 5.02. The average molecular weight is 330 g/mol. The third-order valence-electron chi connectivity index (χ3n) is 3.37. The maximum absolute atomic E-state index is 12.3. The third-order valence-corrected chi connectivity index (χ3v) is 3.37. The average Bonchev–Trinajstić information content (AvgIpc) is 3.04. The van der Waals surface area contributed by atoms with Gasteiger partial charge < -0.3 is 9.84 Å². The van der Waals surface area contributed by atoms with E-state index in [0.29, 0.717) is 10.7 Å². The first-order valence-electron chi connectivity index (χ1n) is 6.75. The summed E-state index contributed by atoms with van der Waals surface area (Å²) < 4.78 is 4.78. The zero-order chi connectivity index (χ0) is 17.4. The zero-order valence-electron chi connectivity index (χ0n) is 12.3. The summed E-state index contributed by atoms with van der Waals surface area (Å²) in [7, 11) is 0. The molecule has 0 fully saturated rings. The second-order valence-corrected chi connectivity index (χ2v) is 5.02. The number of aryl methyl sites for hydroxylation is 1. The van der Waals surface area contributed by atoms with Crippen LogP contribution < -0.4 is 5.32 Å². The van der Waals surface area contributed by atoms with Crippen LogP contribution in [-0.2, 0) is 4.79 Å². The Labute approximate surface area is 134 Å². The maximum Gasteiger partial charge on any atom is 0.282 e. The summed E-state index contributed by atoms with van der Waals surface area (Å²) in [5, 5.41) is 16.9. The smallest absolute Gasteiger partial charge is 0.282 e. The first kappa shape index (κ1) is 15.3. The maximum atomic E-state index is 12.3. The molecule has 1 aliphatic heterocycles. The molecule has 0 saturated carbocycles. The molecule has 3 rings (SSSR count). The molecule has 2 aromatic rings. The van der Waals surface area contributed by atoms with E-state index < -0.39 is 34.9 Å². The minimum atomic E-state index is -0.881. The predicted octanol–water partition coefficient (Wildman–Crippen LogP) is 1.13. The van der Waals surface area contributed by atoms with Crippen molar-refractivity contribution in [3.63, 3.8) is 0 Å². The Kier molecular flexibility index (Phi) is 3.56. The van der Waals surface area contributed by atoms with Crippen LogP contribution in [0.1, 0.15) is 26.5 Å². The van der Waals surface area contributed by atoms with E-state index in [1.54, 1.807) is 6.92 Å². The van der Waals surface area contributed by atoms with Crippen molar-refractivity contribution in [2.75, 3.05) is 11.9 Å². The van der Waals surface area contributed by atoms with Crippen molar-refractivity contribution in [2.45, 2.75) is 6.92 Å². The molecular weight excluding hydrogens is 320 g/mol. The van der Waals surface area contributed by atoms with Crippen molar-refractivity contribution in [1.82, 2.24) is 10.1 Å². The van der Waals surface area contributed by atoms with Crippen LogP contribution in [-0.4, -0.2) is 39.2 Å². The number of carbonyl (C=O) groups excluding carboxylic acids is 3. The highest BCUT2D eigenvalue weighted by molar-refractivity contribution is 6.24. The number of hydrogen-bond donors (Lipinski definition) is 1. The number of nitro groups is 1. The van der Waals surface area contributed by atoms with Crippen LogP contribution >= 0.6 is 0 Å². The number of anilines is 1. The van der Waals surface area contributed by atoms with Crippen molar-refractivity contribution in [3.8, 4) is 0 Å². The van der Waals surface area contributed by atoms with Crippen LogP contribution in [0.25, 0.3) is 0 Å². The van der Waals surface area contributed by atoms with Gasteiger partial charge in [0.15, 0.2) is 5.82 Å². The molecular formula is C14H10N4O6. The summed E-state index contributed by atoms with van der Waals surface area (Å²) in [6, 6.07) is 5.21. The molecule has 0 unspecified atom stereocenters. The number of nitrogens with zero attached hydrogens (tertiary/aromatic N) is 3. The summed E-state index contributed by atoms with van der Waals surface area (Å²) in [6.45, 7) is 1.04. The predicted molar refractivity (Wildman–Crippen MR) is 78.3 cm³/mol. The van der Waals surface area contributed by atoms with Gasteiger partial charge in [0.2, 0.25) is 5.91 Å². The molecule has 10 heteroatoms. The van der Waals surface area contributed by atoms with Crippen molar-refractivity contribution in [2.24, 2.45) is 0 Å². The summed E-state index contributed by atoms with van der Waals surface area (Å²) in [5.74, 6) is -1.71. The Morgan fingerprint density at radius 2 is 2.12 bits per heavy atom. The molecule has 1 aliphatic rings. The van der Waals surface area contributed by atoms with Gasteiger partial charge in [0.1, 0.15) is 17.9 Å². The minimum absolute atomic E-state index is 0.0979. The van der Waals surface area contributed by atoms with Gasteiger partial charge in [0.05, 0.1) is 10.5 Å². The number of carbonyl (C=O) groups is 3. The molecule has 0 radical (unpaired) electrons. The molecule has 0 atom stereocenters. The van der Waals surface area contributed by atoms with Gasteiger partial charge in [0, 0.05) is 12.1 Å². The van der Waals surface area contributed by atoms with Crippen LogP contribution in [0.15, 0.2) is 28.8 Å². The molecule has 0 bridgehead atoms. The molecule has 0 saturated heterocycles. The lowest BCUT2D eigenvalue weighted by atomic mass is 10.1. The first-order chi connectivity index (χ1) is 11.4. The van der Waals surface area contributed by atoms with Gasteiger partial charge in [-0.1, -0.05) is 11.2 Å². The second kappa shape index (κ2) is 5.57. The highest BCUT2D eigenvalue weighted by Crippen LogP contribution is 2.30. The summed E-state index contributed by atoms with van der Waals surface area (Å²) in [4.78, 5) is 47.4. The molecule has 0 spiro atoms. The highest BCUT2D eigenvalue weighted by Gasteiger charge is 2.41. The van der Waals surface area contributed by atoms with Crippen LogP contribution in [0, 0.1) is 17.0 Å². The largest absolute Gasteiger partial charge is 0.360 e. The molecule has 1 aromatic carbocycles. The fourth-order valence-electron chi connectivity index (χ4n) is 2.36. The molecule has 24 heavy (non-hydrogen) atoms. The fraction of sp³-hybridized carbons (Fsp3) is 0.143. The Morgan fingerprint density at radius 3 is 2.75 bits per heavy atom. The monoisotopic (exact) mass is 330 g/mol. The number of fused-ring (bicyclic) bond motifs is 1. The lowest BCUT2D eigenvalue weighted by molar-refractivity contribution is -0.385. The Balaban J connectivity index is 1.82. The van der Waals surface area contributed by atoms with Crippen molar-refractivity contribution in [3.05, 3.63) is 51.3 Å². The number of imide groups is 1. The topological polar surface area (TPSA) is 136 Å². The van der Waals surface area contributed by atoms with E-state index in [0.717, 1.165) is 6.07 Å². The molecule has 10 nitrogen and oxygen atoms in total. The van der Waals surface area contributed by atoms with Crippen LogP contribution in [0.5, 0.6) is 0 Å². The highest BCUT2D eigenvalue weighted by atomic mass is 16.6. The molecule has 1 N–H and O–H groups in total. The number of hydrogen-bond acceptors (Lipinski definition) is 7. The summed E-state index contributed by atoms with van der Waals surface area (Å²) >= 11 is 0. The lowest BCUT2D eigenvalue weighted by Crippen LogP contribution is -2.37. The summed E-state index contributed by atoms with van der Waals surface area (Å²) in [5.41, 5.74) is -0.877. The van der Waals surface area contributed by atoms with E-state index in [4.69, 9.17) is 4.52 Å². The van der Waals surface area contributed by atoms with E-state index in [9.17, 15) is 24.5 Å².